The standard InChI is InChI=1S/C23H29ClN2O2S/c1-3-15-25-23(28)18(2)26(16-13-19-7-5-4-6-8-19)22(27)14-17-29-21-11-9-20(24)10-12-21/h4-12,18H,3,13-17H2,1-2H3,(H,25,28)/t18-/m0/s1. The number of hydrogen-bond donors (Lipinski definition) is 1. The van der Waals surface area contributed by atoms with Crippen molar-refractivity contribution in [2.24, 2.45) is 0 Å². The van der Waals surface area contributed by atoms with E-state index in [-0.39, 0.29) is 11.8 Å². The summed E-state index contributed by atoms with van der Waals surface area (Å²) in [6, 6.07) is 17.1. The third kappa shape index (κ3) is 8.11. The van der Waals surface area contributed by atoms with E-state index in [4.69, 9.17) is 11.6 Å². The Labute approximate surface area is 183 Å². The third-order valence-corrected chi connectivity index (χ3v) is 5.86. The Kier molecular flexibility index (Phi) is 10.1. The van der Waals surface area contributed by atoms with Gasteiger partial charge in [0, 0.05) is 35.2 Å². The fraction of sp³-hybridized carbons (Fsp3) is 0.391. The smallest absolute Gasteiger partial charge is 0.242 e. The molecular formula is C23H29ClN2O2S. The Morgan fingerprint density at radius 2 is 1.79 bits per heavy atom. The number of benzene rings is 2. The molecule has 0 unspecified atom stereocenters. The summed E-state index contributed by atoms with van der Waals surface area (Å²) in [4.78, 5) is 28.2. The van der Waals surface area contributed by atoms with Crippen molar-refractivity contribution >= 4 is 35.2 Å². The van der Waals surface area contributed by atoms with Crippen LogP contribution >= 0.6 is 23.4 Å². The first kappa shape index (κ1) is 23.3. The first-order valence-corrected chi connectivity index (χ1v) is 11.4. The second-order valence-corrected chi connectivity index (χ2v) is 8.45. The van der Waals surface area contributed by atoms with E-state index in [1.54, 1.807) is 23.6 Å². The summed E-state index contributed by atoms with van der Waals surface area (Å²) in [6.07, 6.45) is 1.98. The Morgan fingerprint density at radius 1 is 1.10 bits per heavy atom. The zero-order chi connectivity index (χ0) is 21.1. The summed E-state index contributed by atoms with van der Waals surface area (Å²) in [5.41, 5.74) is 1.15. The average molecular weight is 433 g/mol. The van der Waals surface area contributed by atoms with Crippen LogP contribution in [0, 0.1) is 0 Å². The summed E-state index contributed by atoms with van der Waals surface area (Å²) in [7, 11) is 0. The SMILES string of the molecule is CCCNC(=O)[C@H](C)N(CCc1ccccc1)C(=O)CCSc1ccc(Cl)cc1. The monoisotopic (exact) mass is 432 g/mol. The van der Waals surface area contributed by atoms with Gasteiger partial charge in [-0.05, 0) is 49.6 Å². The molecule has 0 saturated carbocycles. The van der Waals surface area contributed by atoms with E-state index in [2.05, 4.69) is 5.32 Å². The maximum Gasteiger partial charge on any atom is 0.242 e. The van der Waals surface area contributed by atoms with E-state index < -0.39 is 6.04 Å². The van der Waals surface area contributed by atoms with Gasteiger partial charge in [0.15, 0.2) is 0 Å². The number of hydrogen-bond acceptors (Lipinski definition) is 3. The first-order chi connectivity index (χ1) is 14.0. The Bertz CT molecular complexity index is 768. The number of nitrogens with one attached hydrogen (secondary N) is 1. The molecule has 2 aromatic carbocycles. The number of thioether (sulfide) groups is 1. The van der Waals surface area contributed by atoms with Crippen molar-refractivity contribution < 1.29 is 9.59 Å². The van der Waals surface area contributed by atoms with Gasteiger partial charge in [0.05, 0.1) is 0 Å². The number of carbonyl (C=O) groups is 2. The predicted octanol–water partition coefficient (Wildman–Crippen LogP) is 4.81. The largest absolute Gasteiger partial charge is 0.354 e. The summed E-state index contributed by atoms with van der Waals surface area (Å²) in [5.74, 6) is 0.561. The van der Waals surface area contributed by atoms with Gasteiger partial charge in [0.25, 0.3) is 0 Å². The van der Waals surface area contributed by atoms with Gasteiger partial charge in [-0.25, -0.2) is 0 Å². The lowest BCUT2D eigenvalue weighted by molar-refractivity contribution is -0.139. The molecule has 0 aromatic heterocycles. The Hall–Kier alpha value is -1.98. The first-order valence-electron chi connectivity index (χ1n) is 10.0. The minimum atomic E-state index is -0.488. The van der Waals surface area contributed by atoms with Crippen LogP contribution in [0.25, 0.3) is 0 Å². The van der Waals surface area contributed by atoms with E-state index in [1.807, 2.05) is 61.5 Å². The highest BCUT2D eigenvalue weighted by atomic mass is 35.5. The normalized spacial score (nSPS) is 11.7. The Morgan fingerprint density at radius 3 is 2.45 bits per heavy atom. The van der Waals surface area contributed by atoms with Crippen LogP contribution in [0.15, 0.2) is 59.5 Å². The van der Waals surface area contributed by atoms with Crippen LogP contribution in [0.2, 0.25) is 5.02 Å². The van der Waals surface area contributed by atoms with Gasteiger partial charge >= 0.3 is 0 Å². The molecule has 0 aliphatic heterocycles. The van der Waals surface area contributed by atoms with Crippen molar-refractivity contribution in [1.29, 1.82) is 0 Å². The lowest BCUT2D eigenvalue weighted by Crippen LogP contribution is -2.49. The van der Waals surface area contributed by atoms with E-state index in [1.165, 1.54) is 0 Å². The molecule has 0 aliphatic rings. The molecular weight excluding hydrogens is 404 g/mol. The molecule has 29 heavy (non-hydrogen) atoms. The fourth-order valence-electron chi connectivity index (χ4n) is 2.90. The average Bonchev–Trinajstić information content (AvgIpc) is 2.74. The van der Waals surface area contributed by atoms with Crippen molar-refractivity contribution in [3.63, 3.8) is 0 Å². The van der Waals surface area contributed by atoms with Crippen molar-refractivity contribution in [1.82, 2.24) is 10.2 Å². The maximum atomic E-state index is 12.9. The van der Waals surface area contributed by atoms with E-state index in [9.17, 15) is 9.59 Å². The highest BCUT2D eigenvalue weighted by molar-refractivity contribution is 7.99. The van der Waals surface area contributed by atoms with E-state index in [0.717, 1.165) is 23.3 Å². The number of nitrogens with zero attached hydrogens (tertiary/aromatic N) is 1. The minimum absolute atomic E-state index is 0.00143. The highest BCUT2D eigenvalue weighted by Crippen LogP contribution is 2.21. The van der Waals surface area contributed by atoms with Gasteiger partial charge < -0.3 is 10.2 Å². The van der Waals surface area contributed by atoms with E-state index in [0.29, 0.717) is 30.3 Å². The van der Waals surface area contributed by atoms with Gasteiger partial charge in [0.1, 0.15) is 6.04 Å². The Balaban J connectivity index is 1.96. The van der Waals surface area contributed by atoms with Gasteiger partial charge in [-0.15, -0.1) is 11.8 Å². The van der Waals surface area contributed by atoms with Gasteiger partial charge in [0.2, 0.25) is 11.8 Å². The van der Waals surface area contributed by atoms with Gasteiger partial charge in [-0.1, -0.05) is 48.9 Å². The predicted molar refractivity (Wildman–Crippen MR) is 121 cm³/mol. The molecule has 0 spiro atoms. The molecule has 0 bridgehead atoms. The molecule has 2 rings (SSSR count). The molecule has 2 aromatic rings. The molecule has 0 radical (unpaired) electrons. The van der Waals surface area contributed by atoms with Crippen molar-refractivity contribution in [2.45, 2.75) is 44.0 Å². The zero-order valence-corrected chi connectivity index (χ0v) is 18.6. The van der Waals surface area contributed by atoms with Gasteiger partial charge in [-0.3, -0.25) is 9.59 Å². The molecule has 1 atom stereocenters. The number of amides is 2. The molecule has 4 nitrogen and oxygen atoms in total. The molecule has 0 saturated heterocycles. The van der Waals surface area contributed by atoms with Crippen LogP contribution in [0.1, 0.15) is 32.3 Å². The quantitative estimate of drug-likeness (QED) is 0.518. The molecule has 0 fully saturated rings. The third-order valence-electron chi connectivity index (χ3n) is 4.60. The number of rotatable bonds is 11. The van der Waals surface area contributed by atoms with Crippen LogP contribution in [0.4, 0.5) is 0 Å². The van der Waals surface area contributed by atoms with Crippen LogP contribution in [0.5, 0.6) is 0 Å². The molecule has 2 amide bonds. The second kappa shape index (κ2) is 12.6. The van der Waals surface area contributed by atoms with Crippen LogP contribution < -0.4 is 5.32 Å². The molecule has 6 heteroatoms. The fourth-order valence-corrected chi connectivity index (χ4v) is 3.86. The minimum Gasteiger partial charge on any atom is -0.354 e. The van der Waals surface area contributed by atoms with Crippen LogP contribution in [0.3, 0.4) is 0 Å². The summed E-state index contributed by atoms with van der Waals surface area (Å²) in [6.45, 7) is 4.96. The topological polar surface area (TPSA) is 49.4 Å². The second-order valence-electron chi connectivity index (χ2n) is 6.84. The molecule has 1 N–H and O–H groups in total. The van der Waals surface area contributed by atoms with Crippen molar-refractivity contribution in [3.8, 4) is 0 Å². The van der Waals surface area contributed by atoms with E-state index >= 15 is 0 Å². The zero-order valence-electron chi connectivity index (χ0n) is 17.1. The number of halogens is 1. The maximum absolute atomic E-state index is 12.9. The van der Waals surface area contributed by atoms with Crippen molar-refractivity contribution in [3.05, 3.63) is 65.2 Å². The lowest BCUT2D eigenvalue weighted by Gasteiger charge is -2.28. The van der Waals surface area contributed by atoms with Crippen molar-refractivity contribution in [2.75, 3.05) is 18.8 Å². The van der Waals surface area contributed by atoms with Crippen LogP contribution in [-0.2, 0) is 16.0 Å². The summed E-state index contributed by atoms with van der Waals surface area (Å²) < 4.78 is 0. The summed E-state index contributed by atoms with van der Waals surface area (Å²) >= 11 is 7.53. The molecule has 156 valence electrons. The van der Waals surface area contributed by atoms with Crippen LogP contribution in [-0.4, -0.2) is 41.6 Å². The molecule has 0 aliphatic carbocycles. The molecule has 0 heterocycles. The number of carbonyl (C=O) groups excluding carboxylic acids is 2. The summed E-state index contributed by atoms with van der Waals surface area (Å²) in [5, 5.41) is 3.60. The highest BCUT2D eigenvalue weighted by Gasteiger charge is 2.25. The lowest BCUT2D eigenvalue weighted by atomic mass is 10.1. The van der Waals surface area contributed by atoms with Gasteiger partial charge in [-0.2, -0.15) is 0 Å².